The normalized spacial score (nSPS) is 25.0. The number of piperidine rings is 2. The van der Waals surface area contributed by atoms with Crippen LogP contribution in [0.2, 0.25) is 0 Å². The maximum Gasteiger partial charge on any atom is 0.246 e. The molecule has 4 heterocycles. The van der Waals surface area contributed by atoms with Gasteiger partial charge < -0.3 is 30.4 Å². The van der Waals surface area contributed by atoms with E-state index in [0.29, 0.717) is 11.8 Å². The number of nitrogens with one attached hydrogen (secondary N) is 4. The first-order valence-corrected chi connectivity index (χ1v) is 19.4. The van der Waals surface area contributed by atoms with Gasteiger partial charge >= 0.3 is 0 Å². The second-order valence-corrected chi connectivity index (χ2v) is 16.5. The molecule has 0 spiro atoms. The number of rotatable bonds is 11. The maximum atomic E-state index is 13.7. The van der Waals surface area contributed by atoms with Gasteiger partial charge in [0.05, 0.1) is 35.9 Å². The largest absolute Gasteiger partial charge is 0.344 e. The SMILES string of the molecule is CC(=O)NC(C(=O)N1[C@@H]2C[C@@H]2C[C@H]1c1ncc(-c2ccc(-c3ccc(-c4cnc([C@@H]5C[C@H]6C[C@H]6N5C(=O)[C@H](NC(C)=O)C(C)C)[nH]4)cc3)cc2)[nH]1)C(C)C. The summed E-state index contributed by atoms with van der Waals surface area (Å²) < 4.78 is 0. The van der Waals surface area contributed by atoms with E-state index in [1.165, 1.54) is 13.8 Å². The summed E-state index contributed by atoms with van der Waals surface area (Å²) in [6.45, 7) is 10.8. The summed E-state index contributed by atoms with van der Waals surface area (Å²) in [5, 5.41) is 5.74. The molecule has 2 saturated carbocycles. The Morgan fingerprint density at radius 3 is 1.28 bits per heavy atom. The van der Waals surface area contributed by atoms with Crippen molar-refractivity contribution in [3.63, 3.8) is 0 Å². The Balaban J connectivity index is 0.936. The average Bonchev–Trinajstić information content (AvgIpc) is 3.74. The first-order valence-electron chi connectivity index (χ1n) is 19.4. The van der Waals surface area contributed by atoms with E-state index in [0.717, 1.165) is 71.0 Å². The third-order valence-electron chi connectivity index (χ3n) is 11.8. The van der Waals surface area contributed by atoms with Gasteiger partial charge in [-0.15, -0.1) is 0 Å². The van der Waals surface area contributed by atoms with Crippen LogP contribution >= 0.6 is 0 Å². The molecule has 8 atom stereocenters. The van der Waals surface area contributed by atoms with Crippen LogP contribution in [-0.2, 0) is 19.2 Å². The molecular formula is C42H50N8O4. The summed E-state index contributed by atoms with van der Waals surface area (Å²) in [6.07, 6.45) is 7.45. The lowest BCUT2D eigenvalue weighted by atomic mass is 10.0. The maximum absolute atomic E-state index is 13.7. The van der Waals surface area contributed by atoms with Crippen molar-refractivity contribution in [2.24, 2.45) is 23.7 Å². The molecule has 1 unspecified atom stereocenters. The van der Waals surface area contributed by atoms with E-state index in [4.69, 9.17) is 9.97 Å². The summed E-state index contributed by atoms with van der Waals surface area (Å²) in [5.41, 5.74) is 5.97. The average molecular weight is 731 g/mol. The highest BCUT2D eigenvalue weighted by molar-refractivity contribution is 5.89. The Labute approximate surface area is 315 Å². The second kappa shape index (κ2) is 13.9. The number of H-pyrrole nitrogens is 2. The van der Waals surface area contributed by atoms with Gasteiger partial charge in [0.1, 0.15) is 23.7 Å². The Hall–Kier alpha value is -5.26. The van der Waals surface area contributed by atoms with Crippen LogP contribution in [0.4, 0.5) is 0 Å². The van der Waals surface area contributed by atoms with Crippen molar-refractivity contribution in [1.29, 1.82) is 0 Å². The molecule has 2 saturated heterocycles. The van der Waals surface area contributed by atoms with Crippen molar-refractivity contribution in [1.82, 2.24) is 40.4 Å². The Morgan fingerprint density at radius 2 is 0.944 bits per heavy atom. The van der Waals surface area contributed by atoms with Crippen molar-refractivity contribution >= 4 is 23.6 Å². The second-order valence-electron chi connectivity index (χ2n) is 16.5. The van der Waals surface area contributed by atoms with Crippen LogP contribution in [0, 0.1) is 23.7 Å². The van der Waals surface area contributed by atoms with E-state index >= 15 is 0 Å². The molecule has 0 radical (unpaired) electrons. The molecule has 4 N–H and O–H groups in total. The zero-order chi connectivity index (χ0) is 38.0. The van der Waals surface area contributed by atoms with Gasteiger partial charge in [-0.1, -0.05) is 76.2 Å². The van der Waals surface area contributed by atoms with Crippen molar-refractivity contribution in [2.45, 2.75) is 103 Å². The predicted molar refractivity (Wildman–Crippen MR) is 204 cm³/mol. The van der Waals surface area contributed by atoms with E-state index in [1.54, 1.807) is 0 Å². The van der Waals surface area contributed by atoms with Gasteiger partial charge in [0.25, 0.3) is 0 Å². The molecule has 2 aliphatic heterocycles. The van der Waals surface area contributed by atoms with E-state index in [2.05, 4.69) is 69.1 Å². The van der Waals surface area contributed by atoms with Crippen LogP contribution in [-0.4, -0.2) is 77.5 Å². The fourth-order valence-electron chi connectivity index (χ4n) is 8.81. The number of hydrogen-bond donors (Lipinski definition) is 4. The molecule has 2 aromatic carbocycles. The van der Waals surface area contributed by atoms with Gasteiger partial charge in [-0.3, -0.25) is 19.2 Å². The lowest BCUT2D eigenvalue weighted by Crippen LogP contribution is -2.51. The standard InChI is InChI=1S/C42H50N8O4/c1-21(2)37(45-23(5)51)41(53)49-33-15-29(33)17-35(49)39-43-19-31(47-39)27-11-7-25(8-12-27)26-9-13-28(14-10-26)32-20-44-40(48-32)36-18-30-16-34(30)50(36)42(54)38(22(3)4)46-24(6)52/h7-14,19-22,29-30,33-38H,15-18H2,1-6H3,(H,43,47)(H,44,48)(H,45,51)(H,46,52)/t29-,30-,33-,34-,35+,36+,37-,38?/m1/s1. The Bertz CT molecular complexity index is 1920. The summed E-state index contributed by atoms with van der Waals surface area (Å²) in [4.78, 5) is 71.6. The molecular weight excluding hydrogens is 681 g/mol. The molecule has 54 heavy (non-hydrogen) atoms. The first-order chi connectivity index (χ1) is 25.9. The van der Waals surface area contributed by atoms with Crippen LogP contribution in [0.1, 0.15) is 91.0 Å². The molecule has 4 fully saturated rings. The molecule has 4 aliphatic rings. The minimum absolute atomic E-state index is 0.0154. The number of amides is 4. The fraction of sp³-hybridized carbons (Fsp3) is 0.476. The number of aromatic nitrogens is 4. The third kappa shape index (κ3) is 6.71. The number of carbonyl (C=O) groups excluding carboxylic acids is 4. The highest BCUT2D eigenvalue weighted by atomic mass is 16.2. The van der Waals surface area contributed by atoms with Gasteiger partial charge in [0, 0.05) is 25.9 Å². The van der Waals surface area contributed by atoms with Gasteiger partial charge in [-0.25, -0.2) is 9.97 Å². The molecule has 12 heteroatoms. The quantitative estimate of drug-likeness (QED) is 0.153. The number of fused-ring (bicyclic) bond motifs is 2. The van der Waals surface area contributed by atoms with Crippen LogP contribution in [0.5, 0.6) is 0 Å². The topological polar surface area (TPSA) is 156 Å². The minimum Gasteiger partial charge on any atom is -0.344 e. The van der Waals surface area contributed by atoms with Crippen LogP contribution in [0.25, 0.3) is 33.6 Å². The lowest BCUT2D eigenvalue weighted by molar-refractivity contribution is -0.139. The Morgan fingerprint density at radius 1 is 0.593 bits per heavy atom. The summed E-state index contributed by atoms with van der Waals surface area (Å²) in [6, 6.07) is 15.8. The summed E-state index contributed by atoms with van der Waals surface area (Å²) in [5.74, 6) is 2.05. The van der Waals surface area contributed by atoms with Crippen molar-refractivity contribution in [3.05, 3.63) is 72.6 Å². The van der Waals surface area contributed by atoms with Crippen molar-refractivity contribution < 1.29 is 19.2 Å². The zero-order valence-corrected chi connectivity index (χ0v) is 31.8. The third-order valence-corrected chi connectivity index (χ3v) is 11.8. The highest BCUT2D eigenvalue weighted by Gasteiger charge is 2.57. The number of nitrogens with zero attached hydrogens (tertiary/aromatic N) is 4. The van der Waals surface area contributed by atoms with E-state index in [-0.39, 0.29) is 59.6 Å². The van der Waals surface area contributed by atoms with E-state index < -0.39 is 12.1 Å². The Kier molecular flexibility index (Phi) is 9.18. The summed E-state index contributed by atoms with van der Waals surface area (Å²) >= 11 is 0. The van der Waals surface area contributed by atoms with Gasteiger partial charge in [0.15, 0.2) is 0 Å². The molecule has 282 valence electrons. The molecule has 0 bridgehead atoms. The van der Waals surface area contributed by atoms with Crippen LogP contribution in [0.3, 0.4) is 0 Å². The monoisotopic (exact) mass is 730 g/mol. The fourth-order valence-corrected chi connectivity index (χ4v) is 8.81. The first kappa shape index (κ1) is 35.8. The molecule has 4 amide bonds. The number of carbonyl (C=O) groups is 4. The smallest absolute Gasteiger partial charge is 0.246 e. The number of likely N-dealkylation sites (tertiary alicyclic amines) is 2. The van der Waals surface area contributed by atoms with Gasteiger partial charge in [-0.2, -0.15) is 0 Å². The zero-order valence-electron chi connectivity index (χ0n) is 31.8. The van der Waals surface area contributed by atoms with Crippen LogP contribution in [0.15, 0.2) is 60.9 Å². The molecule has 2 aromatic heterocycles. The van der Waals surface area contributed by atoms with Crippen molar-refractivity contribution in [3.8, 4) is 33.6 Å². The number of benzene rings is 2. The number of hydrogen-bond acceptors (Lipinski definition) is 6. The van der Waals surface area contributed by atoms with Crippen LogP contribution < -0.4 is 10.6 Å². The lowest BCUT2D eigenvalue weighted by Gasteiger charge is -2.32. The molecule has 2 aliphatic carbocycles. The molecule has 8 rings (SSSR count). The van der Waals surface area contributed by atoms with Crippen molar-refractivity contribution in [2.75, 3.05) is 0 Å². The number of aromatic amines is 2. The van der Waals surface area contributed by atoms with E-state index in [1.807, 2.05) is 49.9 Å². The highest BCUT2D eigenvalue weighted by Crippen LogP contribution is 2.54. The minimum atomic E-state index is -0.552. The summed E-state index contributed by atoms with van der Waals surface area (Å²) in [7, 11) is 0. The molecule has 4 aromatic rings. The van der Waals surface area contributed by atoms with Gasteiger partial charge in [-0.05, 0) is 71.6 Å². The van der Waals surface area contributed by atoms with Gasteiger partial charge in [0.2, 0.25) is 23.6 Å². The molecule has 12 nitrogen and oxygen atoms in total. The number of imidazole rings is 2. The van der Waals surface area contributed by atoms with E-state index in [9.17, 15) is 19.2 Å². The predicted octanol–water partition coefficient (Wildman–Crippen LogP) is 5.78.